The molecule has 2 unspecified atom stereocenters. The highest BCUT2D eigenvalue weighted by Crippen LogP contribution is 2.04. The molecule has 3 heteroatoms. The summed E-state index contributed by atoms with van der Waals surface area (Å²) in [5.41, 5.74) is 0. The fourth-order valence-electron chi connectivity index (χ4n) is 2.11. The van der Waals surface area contributed by atoms with E-state index >= 15 is 0 Å². The molecule has 84 valence electrons. The van der Waals surface area contributed by atoms with Gasteiger partial charge >= 0.3 is 0 Å². The quantitative estimate of drug-likeness (QED) is 0.661. The van der Waals surface area contributed by atoms with Gasteiger partial charge in [-0.15, -0.1) is 0 Å². The van der Waals surface area contributed by atoms with Crippen molar-refractivity contribution in [2.75, 3.05) is 13.1 Å². The Morgan fingerprint density at radius 2 is 2.00 bits per heavy atom. The number of quaternary nitrogens is 1. The summed E-state index contributed by atoms with van der Waals surface area (Å²) in [5.74, 6) is -1.08. The van der Waals surface area contributed by atoms with Crippen molar-refractivity contribution in [3.63, 3.8) is 0 Å². The third-order valence-electron chi connectivity index (χ3n) is 2.82. The first kappa shape index (κ1) is 13.4. The van der Waals surface area contributed by atoms with Crippen LogP contribution in [0.15, 0.2) is 0 Å². The predicted octanol–water partition coefficient (Wildman–Crippen LogP) is -0.390. The van der Waals surface area contributed by atoms with Crippen LogP contribution in [0.2, 0.25) is 0 Å². The summed E-state index contributed by atoms with van der Waals surface area (Å²) in [6.45, 7) is 8.36. The van der Waals surface area contributed by atoms with E-state index < -0.39 is 5.97 Å². The normalized spacial score (nSPS) is 26.2. The number of hydrogen-bond donors (Lipinski definition) is 1. The Bertz CT molecular complexity index is 143. The molecule has 1 saturated heterocycles. The number of hydrogen-bond acceptors (Lipinski definition) is 2. The maximum absolute atomic E-state index is 8.89. The summed E-state index contributed by atoms with van der Waals surface area (Å²) in [6, 6.07) is 0.985. The van der Waals surface area contributed by atoms with Crippen LogP contribution in [0.5, 0.6) is 0 Å². The number of carbonyl (C=O) groups excluding carboxylic acids is 1. The molecular formula is C11H23NO2. The molecular weight excluding hydrogens is 178 g/mol. The highest BCUT2D eigenvalue weighted by molar-refractivity contribution is 5.60. The lowest BCUT2D eigenvalue weighted by Gasteiger charge is -2.30. The highest BCUT2D eigenvalue weighted by Gasteiger charge is 2.21. The number of carboxylic acid groups (broad SMARTS) is 1. The second kappa shape index (κ2) is 7.80. The van der Waals surface area contributed by atoms with Gasteiger partial charge in [-0.25, -0.2) is 0 Å². The Morgan fingerprint density at radius 3 is 2.36 bits per heavy atom. The summed E-state index contributed by atoms with van der Waals surface area (Å²) < 4.78 is 0. The van der Waals surface area contributed by atoms with Crippen molar-refractivity contribution in [2.24, 2.45) is 0 Å². The van der Waals surface area contributed by atoms with Crippen LogP contribution >= 0.6 is 0 Å². The van der Waals surface area contributed by atoms with Gasteiger partial charge in [-0.1, -0.05) is 6.92 Å². The maximum atomic E-state index is 8.89. The van der Waals surface area contributed by atoms with Crippen LogP contribution in [-0.4, -0.2) is 25.1 Å². The van der Waals surface area contributed by atoms with Gasteiger partial charge < -0.3 is 14.8 Å². The van der Waals surface area contributed by atoms with Crippen molar-refractivity contribution in [3.8, 4) is 0 Å². The summed E-state index contributed by atoms with van der Waals surface area (Å²) in [7, 11) is 0. The topological polar surface area (TPSA) is 44.6 Å². The van der Waals surface area contributed by atoms with Crippen LogP contribution < -0.4 is 10.0 Å². The smallest absolute Gasteiger partial charge is 0.0871 e. The number of likely N-dealkylation sites (tertiary alicyclic amines) is 1. The molecule has 1 rings (SSSR count). The first-order valence-electron chi connectivity index (χ1n) is 5.63. The standard InChI is InChI=1S/C9H19N.C2H4O2/c1-3-9-7-5-6-8-10(9)4-2;1-2(3)4/h9H,3-8H2,1-2H3;1H3,(H,3,4). The summed E-state index contributed by atoms with van der Waals surface area (Å²) >= 11 is 0. The second-order valence-electron chi connectivity index (χ2n) is 3.85. The second-order valence-corrected chi connectivity index (χ2v) is 3.85. The van der Waals surface area contributed by atoms with E-state index in [1.54, 1.807) is 0 Å². The zero-order valence-corrected chi connectivity index (χ0v) is 9.64. The van der Waals surface area contributed by atoms with E-state index in [1.807, 2.05) is 4.90 Å². The van der Waals surface area contributed by atoms with Crippen molar-refractivity contribution in [1.29, 1.82) is 0 Å². The monoisotopic (exact) mass is 201 g/mol. The molecule has 1 N–H and O–H groups in total. The molecule has 1 aliphatic rings. The maximum Gasteiger partial charge on any atom is 0.0871 e. The van der Waals surface area contributed by atoms with Crippen LogP contribution in [0.3, 0.4) is 0 Å². The van der Waals surface area contributed by atoms with Crippen LogP contribution in [0.25, 0.3) is 0 Å². The zero-order chi connectivity index (χ0) is 11.0. The fourth-order valence-corrected chi connectivity index (χ4v) is 2.11. The summed E-state index contributed by atoms with van der Waals surface area (Å²) in [5, 5.41) is 8.89. The molecule has 1 aliphatic heterocycles. The van der Waals surface area contributed by atoms with Crippen LogP contribution in [0.4, 0.5) is 0 Å². The number of piperidine rings is 1. The average Bonchev–Trinajstić information content (AvgIpc) is 2.17. The van der Waals surface area contributed by atoms with Gasteiger partial charge in [-0.2, -0.15) is 0 Å². The lowest BCUT2D eigenvalue weighted by atomic mass is 10.0. The van der Waals surface area contributed by atoms with Crippen molar-refractivity contribution >= 4 is 5.97 Å². The molecule has 1 heterocycles. The zero-order valence-electron chi connectivity index (χ0n) is 9.64. The lowest BCUT2D eigenvalue weighted by molar-refractivity contribution is -0.929. The van der Waals surface area contributed by atoms with Crippen molar-refractivity contribution in [1.82, 2.24) is 0 Å². The SMILES string of the molecule is CC(=O)[O-].CCC1CCCC[NH+]1CC. The molecule has 3 nitrogen and oxygen atoms in total. The molecule has 0 aliphatic carbocycles. The van der Waals surface area contributed by atoms with E-state index in [0.717, 1.165) is 13.0 Å². The number of carboxylic acids is 1. The molecule has 0 spiro atoms. The van der Waals surface area contributed by atoms with Crippen LogP contribution in [0.1, 0.15) is 46.5 Å². The van der Waals surface area contributed by atoms with Gasteiger partial charge in [-0.05, 0) is 39.5 Å². The molecule has 0 bridgehead atoms. The van der Waals surface area contributed by atoms with E-state index in [1.165, 1.54) is 38.8 Å². The van der Waals surface area contributed by atoms with Crippen LogP contribution in [0, 0.1) is 0 Å². The number of carbonyl (C=O) groups is 1. The Morgan fingerprint density at radius 1 is 1.43 bits per heavy atom. The Balaban J connectivity index is 0.000000364. The lowest BCUT2D eigenvalue weighted by Crippen LogP contribution is -3.16. The minimum Gasteiger partial charge on any atom is -0.550 e. The van der Waals surface area contributed by atoms with Gasteiger partial charge in [0.2, 0.25) is 0 Å². The minimum atomic E-state index is -1.08. The Hall–Kier alpha value is -0.570. The van der Waals surface area contributed by atoms with Gasteiger partial charge in [0.25, 0.3) is 0 Å². The van der Waals surface area contributed by atoms with Gasteiger partial charge in [0.15, 0.2) is 0 Å². The summed E-state index contributed by atoms with van der Waals surface area (Å²) in [6.07, 6.45) is 5.78. The Labute approximate surface area is 87.1 Å². The average molecular weight is 201 g/mol. The molecule has 0 aromatic heterocycles. The van der Waals surface area contributed by atoms with E-state index in [2.05, 4.69) is 13.8 Å². The number of rotatable bonds is 2. The van der Waals surface area contributed by atoms with E-state index in [9.17, 15) is 0 Å². The first-order chi connectivity index (χ1) is 6.61. The third kappa shape index (κ3) is 5.97. The summed E-state index contributed by atoms with van der Waals surface area (Å²) in [4.78, 5) is 10.7. The van der Waals surface area contributed by atoms with Gasteiger partial charge in [0.1, 0.15) is 0 Å². The third-order valence-corrected chi connectivity index (χ3v) is 2.82. The van der Waals surface area contributed by atoms with Crippen molar-refractivity contribution in [3.05, 3.63) is 0 Å². The molecule has 2 atom stereocenters. The first-order valence-corrected chi connectivity index (χ1v) is 5.63. The molecule has 0 aromatic carbocycles. The van der Waals surface area contributed by atoms with Gasteiger partial charge in [-0.3, -0.25) is 0 Å². The molecule has 0 radical (unpaired) electrons. The van der Waals surface area contributed by atoms with Crippen LogP contribution in [-0.2, 0) is 4.79 Å². The van der Waals surface area contributed by atoms with Gasteiger partial charge in [0.05, 0.1) is 19.1 Å². The van der Waals surface area contributed by atoms with Crippen molar-refractivity contribution < 1.29 is 14.8 Å². The molecule has 0 aromatic rings. The number of nitrogens with one attached hydrogen (secondary N) is 1. The van der Waals surface area contributed by atoms with Gasteiger partial charge in [0, 0.05) is 5.97 Å². The van der Waals surface area contributed by atoms with E-state index in [4.69, 9.17) is 9.90 Å². The fraction of sp³-hybridized carbons (Fsp3) is 0.909. The number of aliphatic carboxylic acids is 1. The minimum absolute atomic E-state index is 0.972. The molecule has 0 saturated carbocycles. The van der Waals surface area contributed by atoms with E-state index in [0.29, 0.717) is 0 Å². The highest BCUT2D eigenvalue weighted by atomic mass is 16.4. The Kier molecular flexibility index (Phi) is 7.48. The molecule has 14 heavy (non-hydrogen) atoms. The molecule has 0 amide bonds. The van der Waals surface area contributed by atoms with Crippen molar-refractivity contribution in [2.45, 2.75) is 52.5 Å². The van der Waals surface area contributed by atoms with E-state index in [-0.39, 0.29) is 0 Å². The predicted molar refractivity (Wildman–Crippen MR) is 55.0 cm³/mol. The largest absolute Gasteiger partial charge is 0.550 e. The molecule has 1 fully saturated rings.